The zero-order chi connectivity index (χ0) is 10.8. The van der Waals surface area contributed by atoms with Crippen LogP contribution in [0.25, 0.3) is 0 Å². The Bertz CT molecular complexity index is 392. The van der Waals surface area contributed by atoms with Gasteiger partial charge in [0.05, 0.1) is 5.92 Å². The summed E-state index contributed by atoms with van der Waals surface area (Å²) >= 11 is 0. The lowest BCUT2D eigenvalue weighted by Gasteiger charge is -2.29. The summed E-state index contributed by atoms with van der Waals surface area (Å²) in [5.74, 6) is 0.605. The van der Waals surface area contributed by atoms with Gasteiger partial charge in [0.25, 0.3) is 0 Å². The van der Waals surface area contributed by atoms with E-state index in [0.29, 0.717) is 6.42 Å². The summed E-state index contributed by atoms with van der Waals surface area (Å²) in [6.07, 6.45) is 0.0727. The smallest absolute Gasteiger partial charge is 0.158 e. The third-order valence-electron chi connectivity index (χ3n) is 2.57. The fraction of sp³-hybridized carbons (Fsp3) is 0.300. The van der Waals surface area contributed by atoms with Crippen LogP contribution < -0.4 is 16.2 Å². The molecule has 0 fully saturated rings. The van der Waals surface area contributed by atoms with E-state index in [2.05, 4.69) is 5.16 Å². The Labute approximate surface area is 87.3 Å². The van der Waals surface area contributed by atoms with Crippen molar-refractivity contribution >= 4 is 5.84 Å². The van der Waals surface area contributed by atoms with Crippen LogP contribution in [-0.2, 0) is 6.42 Å². The molecule has 0 amide bonds. The fourth-order valence-electron chi connectivity index (χ4n) is 1.72. The SMILES string of the molecule is NC(=NO)[C@H]1Cc2ccccc2O[C@@H]1N. The lowest BCUT2D eigenvalue weighted by atomic mass is 9.93. The second kappa shape index (κ2) is 3.78. The van der Waals surface area contributed by atoms with Crippen molar-refractivity contribution in [2.24, 2.45) is 22.5 Å². The third-order valence-corrected chi connectivity index (χ3v) is 2.57. The topological polar surface area (TPSA) is 93.9 Å². The minimum absolute atomic E-state index is 0.108. The molecular weight excluding hydrogens is 194 g/mol. The summed E-state index contributed by atoms with van der Waals surface area (Å²) in [6, 6.07) is 7.61. The second-order valence-corrected chi connectivity index (χ2v) is 3.53. The molecule has 15 heavy (non-hydrogen) atoms. The summed E-state index contributed by atoms with van der Waals surface area (Å²) in [4.78, 5) is 0. The maximum atomic E-state index is 8.60. The minimum atomic E-state index is -0.559. The van der Waals surface area contributed by atoms with E-state index in [-0.39, 0.29) is 11.8 Å². The molecule has 0 saturated carbocycles. The molecule has 0 radical (unpaired) electrons. The van der Waals surface area contributed by atoms with Gasteiger partial charge >= 0.3 is 0 Å². The summed E-state index contributed by atoms with van der Waals surface area (Å²) in [7, 11) is 0. The van der Waals surface area contributed by atoms with E-state index in [9.17, 15) is 0 Å². The van der Waals surface area contributed by atoms with Gasteiger partial charge in [-0.3, -0.25) is 5.73 Å². The van der Waals surface area contributed by atoms with Crippen molar-refractivity contribution < 1.29 is 9.94 Å². The Balaban J connectivity index is 2.29. The summed E-state index contributed by atoms with van der Waals surface area (Å²) < 4.78 is 5.47. The van der Waals surface area contributed by atoms with Crippen LogP contribution >= 0.6 is 0 Å². The molecule has 1 heterocycles. The first-order chi connectivity index (χ1) is 7.22. The maximum Gasteiger partial charge on any atom is 0.158 e. The molecular formula is C10H13N3O2. The number of para-hydroxylation sites is 1. The van der Waals surface area contributed by atoms with Gasteiger partial charge in [0.1, 0.15) is 11.6 Å². The summed E-state index contributed by atoms with van der Waals surface area (Å²) in [5, 5.41) is 11.6. The van der Waals surface area contributed by atoms with Crippen molar-refractivity contribution in [2.75, 3.05) is 0 Å². The molecule has 0 bridgehead atoms. The molecule has 0 aromatic heterocycles. The van der Waals surface area contributed by atoms with Gasteiger partial charge in [-0.15, -0.1) is 0 Å². The van der Waals surface area contributed by atoms with E-state index < -0.39 is 6.23 Å². The zero-order valence-corrected chi connectivity index (χ0v) is 8.13. The van der Waals surface area contributed by atoms with Crippen LogP contribution in [0, 0.1) is 5.92 Å². The van der Waals surface area contributed by atoms with Crippen LogP contribution in [0.4, 0.5) is 0 Å². The quantitative estimate of drug-likeness (QED) is 0.266. The molecule has 0 saturated heterocycles. The molecule has 80 valence electrons. The molecule has 0 aliphatic carbocycles. The Morgan fingerprint density at radius 2 is 2.20 bits per heavy atom. The van der Waals surface area contributed by atoms with Gasteiger partial charge in [-0.2, -0.15) is 0 Å². The van der Waals surface area contributed by atoms with Crippen LogP contribution in [0.15, 0.2) is 29.4 Å². The molecule has 0 spiro atoms. The van der Waals surface area contributed by atoms with Crippen LogP contribution in [0.1, 0.15) is 5.56 Å². The van der Waals surface area contributed by atoms with Crippen molar-refractivity contribution in [3.8, 4) is 5.75 Å². The van der Waals surface area contributed by atoms with Gasteiger partial charge in [-0.1, -0.05) is 23.4 Å². The fourth-order valence-corrected chi connectivity index (χ4v) is 1.72. The number of nitrogens with zero attached hydrogens (tertiary/aromatic N) is 1. The zero-order valence-electron chi connectivity index (χ0n) is 8.13. The number of hydrogen-bond donors (Lipinski definition) is 3. The van der Waals surface area contributed by atoms with E-state index in [1.165, 1.54) is 0 Å². The first-order valence-corrected chi connectivity index (χ1v) is 4.70. The maximum absolute atomic E-state index is 8.60. The highest BCUT2D eigenvalue weighted by Crippen LogP contribution is 2.28. The Morgan fingerprint density at radius 1 is 1.47 bits per heavy atom. The van der Waals surface area contributed by atoms with E-state index in [1.807, 2.05) is 24.3 Å². The van der Waals surface area contributed by atoms with Crippen LogP contribution in [0.2, 0.25) is 0 Å². The lowest BCUT2D eigenvalue weighted by Crippen LogP contribution is -2.46. The number of benzene rings is 1. The van der Waals surface area contributed by atoms with E-state index in [1.54, 1.807) is 0 Å². The van der Waals surface area contributed by atoms with Gasteiger partial charge in [0, 0.05) is 0 Å². The Morgan fingerprint density at radius 3 is 2.93 bits per heavy atom. The predicted molar refractivity (Wildman–Crippen MR) is 55.6 cm³/mol. The number of hydrogen-bond acceptors (Lipinski definition) is 4. The number of amidine groups is 1. The number of oxime groups is 1. The highest BCUT2D eigenvalue weighted by molar-refractivity contribution is 5.83. The predicted octanol–water partition coefficient (Wildman–Crippen LogP) is 0.269. The number of rotatable bonds is 1. The van der Waals surface area contributed by atoms with Crippen molar-refractivity contribution in [1.29, 1.82) is 0 Å². The molecule has 5 heteroatoms. The van der Waals surface area contributed by atoms with Crippen LogP contribution in [0.3, 0.4) is 0 Å². The van der Waals surface area contributed by atoms with E-state index in [4.69, 9.17) is 21.4 Å². The number of fused-ring (bicyclic) bond motifs is 1. The van der Waals surface area contributed by atoms with Crippen molar-refractivity contribution in [3.05, 3.63) is 29.8 Å². The number of nitrogens with two attached hydrogens (primary N) is 2. The summed E-state index contributed by atoms with van der Waals surface area (Å²) in [6.45, 7) is 0. The van der Waals surface area contributed by atoms with E-state index in [0.717, 1.165) is 11.3 Å². The third kappa shape index (κ3) is 1.73. The highest BCUT2D eigenvalue weighted by atomic mass is 16.5. The van der Waals surface area contributed by atoms with Crippen LogP contribution in [0.5, 0.6) is 5.75 Å². The van der Waals surface area contributed by atoms with Gasteiger partial charge in [-0.05, 0) is 18.1 Å². The molecule has 0 unspecified atom stereocenters. The standard InChI is InChI=1S/C10H13N3O2/c11-9(13-14)7-5-6-3-1-2-4-8(6)15-10(7)12/h1-4,7,10,14H,5,12H2,(H2,11,13)/t7-,10+/m1/s1. The lowest BCUT2D eigenvalue weighted by molar-refractivity contribution is 0.148. The van der Waals surface area contributed by atoms with Gasteiger partial charge in [0.2, 0.25) is 0 Å². The van der Waals surface area contributed by atoms with E-state index >= 15 is 0 Å². The van der Waals surface area contributed by atoms with Gasteiger partial charge < -0.3 is 15.7 Å². The molecule has 1 aromatic rings. The van der Waals surface area contributed by atoms with Crippen LogP contribution in [-0.4, -0.2) is 17.3 Å². The molecule has 2 atom stereocenters. The second-order valence-electron chi connectivity index (χ2n) is 3.53. The Kier molecular flexibility index (Phi) is 2.47. The average molecular weight is 207 g/mol. The van der Waals surface area contributed by atoms with Crippen molar-refractivity contribution in [2.45, 2.75) is 12.6 Å². The number of ether oxygens (including phenoxy) is 1. The molecule has 1 aromatic carbocycles. The highest BCUT2D eigenvalue weighted by Gasteiger charge is 2.30. The summed E-state index contributed by atoms with van der Waals surface area (Å²) in [5.41, 5.74) is 12.3. The van der Waals surface area contributed by atoms with Crippen molar-refractivity contribution in [1.82, 2.24) is 0 Å². The molecule has 1 aliphatic rings. The Hall–Kier alpha value is -1.75. The monoisotopic (exact) mass is 207 g/mol. The largest absolute Gasteiger partial charge is 0.474 e. The molecule has 2 rings (SSSR count). The molecule has 5 nitrogen and oxygen atoms in total. The minimum Gasteiger partial charge on any atom is -0.474 e. The first kappa shape index (κ1) is 9.79. The normalized spacial score (nSPS) is 25.5. The average Bonchev–Trinajstić information content (AvgIpc) is 2.27. The van der Waals surface area contributed by atoms with Gasteiger partial charge in [0.15, 0.2) is 6.23 Å². The van der Waals surface area contributed by atoms with Crippen molar-refractivity contribution in [3.63, 3.8) is 0 Å². The van der Waals surface area contributed by atoms with Gasteiger partial charge in [-0.25, -0.2) is 0 Å². The molecule has 5 N–H and O–H groups in total. The molecule has 1 aliphatic heterocycles. The first-order valence-electron chi connectivity index (χ1n) is 4.70.